The number of hydrogen-bond acceptors (Lipinski definition) is 5. The molecular weight excluding hydrogens is 410 g/mol. The molecule has 8 heteroatoms. The molecule has 0 radical (unpaired) electrons. The number of nitrogens with one attached hydrogen (secondary N) is 1. The van der Waals surface area contributed by atoms with Crippen LogP contribution in [-0.4, -0.2) is 46.9 Å². The maximum absolute atomic E-state index is 12.4. The summed E-state index contributed by atoms with van der Waals surface area (Å²) in [6.07, 6.45) is 5.89. The topological polar surface area (TPSA) is 71.5 Å². The second-order valence-electron chi connectivity index (χ2n) is 7.58. The van der Waals surface area contributed by atoms with Gasteiger partial charge in [0, 0.05) is 42.9 Å². The summed E-state index contributed by atoms with van der Waals surface area (Å²) in [5.41, 5.74) is 2.73. The van der Waals surface area contributed by atoms with Gasteiger partial charge in [0.25, 0.3) is 11.8 Å². The molecule has 1 saturated carbocycles. The maximum Gasteiger partial charge on any atom is 0.273 e. The van der Waals surface area contributed by atoms with Gasteiger partial charge in [0.15, 0.2) is 0 Å². The molecule has 2 aromatic rings. The molecule has 0 unspecified atom stereocenters. The van der Waals surface area contributed by atoms with E-state index in [4.69, 9.17) is 16.3 Å². The third kappa shape index (κ3) is 4.90. The Balaban J connectivity index is 1.30. The van der Waals surface area contributed by atoms with Crippen molar-refractivity contribution in [3.63, 3.8) is 0 Å². The van der Waals surface area contributed by atoms with E-state index in [9.17, 15) is 9.59 Å². The first kappa shape index (κ1) is 20.2. The molecule has 2 aliphatic rings. The van der Waals surface area contributed by atoms with Gasteiger partial charge in [-0.2, -0.15) is 0 Å². The van der Waals surface area contributed by atoms with Crippen LogP contribution >= 0.6 is 22.9 Å². The van der Waals surface area contributed by atoms with Gasteiger partial charge < -0.3 is 15.0 Å². The number of carbonyl (C=O) groups excluding carboxylic acids is 2. The number of amides is 2. The van der Waals surface area contributed by atoms with Gasteiger partial charge in [-0.25, -0.2) is 4.98 Å². The van der Waals surface area contributed by atoms with Gasteiger partial charge in [-0.15, -0.1) is 11.3 Å². The highest BCUT2D eigenvalue weighted by Crippen LogP contribution is 2.29. The molecule has 29 heavy (non-hydrogen) atoms. The quantitative estimate of drug-likeness (QED) is 0.768. The minimum absolute atomic E-state index is 0.00912. The van der Waals surface area contributed by atoms with Crippen LogP contribution in [-0.2, 0) is 0 Å². The van der Waals surface area contributed by atoms with Crippen LogP contribution in [0.3, 0.4) is 0 Å². The molecule has 0 atom stereocenters. The zero-order valence-electron chi connectivity index (χ0n) is 16.1. The van der Waals surface area contributed by atoms with E-state index in [0.717, 1.165) is 25.7 Å². The second-order valence-corrected chi connectivity index (χ2v) is 8.71. The monoisotopic (exact) mass is 433 g/mol. The van der Waals surface area contributed by atoms with Crippen molar-refractivity contribution in [2.24, 2.45) is 0 Å². The van der Waals surface area contributed by atoms with E-state index >= 15 is 0 Å². The first-order chi connectivity index (χ1) is 14.1. The van der Waals surface area contributed by atoms with Crippen molar-refractivity contribution >= 4 is 34.8 Å². The maximum atomic E-state index is 12.4. The molecule has 1 aromatic carbocycles. The summed E-state index contributed by atoms with van der Waals surface area (Å²) < 4.78 is 6.06. The number of rotatable bonds is 5. The summed E-state index contributed by atoms with van der Waals surface area (Å²) in [6, 6.07) is 5.46. The van der Waals surface area contributed by atoms with Gasteiger partial charge in [-0.05, 0) is 31.0 Å². The van der Waals surface area contributed by atoms with E-state index in [1.165, 1.54) is 24.2 Å². The summed E-state index contributed by atoms with van der Waals surface area (Å²) in [5.74, 6) is 0.466. The van der Waals surface area contributed by atoms with E-state index in [0.29, 0.717) is 35.1 Å². The Kier molecular flexibility index (Phi) is 6.35. The highest BCUT2D eigenvalue weighted by Gasteiger charge is 2.26. The summed E-state index contributed by atoms with van der Waals surface area (Å²) in [5, 5.41) is 5.28. The van der Waals surface area contributed by atoms with E-state index in [-0.39, 0.29) is 24.0 Å². The molecule has 154 valence electrons. The molecule has 1 aromatic heterocycles. The van der Waals surface area contributed by atoms with E-state index in [1.807, 2.05) is 4.90 Å². The fourth-order valence-electron chi connectivity index (χ4n) is 3.91. The van der Waals surface area contributed by atoms with Crippen LogP contribution in [0.1, 0.15) is 59.4 Å². The number of nitrogens with zero attached hydrogens (tertiary/aromatic N) is 2. The van der Waals surface area contributed by atoms with Crippen LogP contribution in [0, 0.1) is 0 Å². The van der Waals surface area contributed by atoms with E-state index in [2.05, 4.69) is 10.3 Å². The van der Waals surface area contributed by atoms with Crippen LogP contribution in [0.15, 0.2) is 29.1 Å². The summed E-state index contributed by atoms with van der Waals surface area (Å²) >= 11 is 7.80. The molecule has 1 saturated heterocycles. The van der Waals surface area contributed by atoms with E-state index < -0.39 is 0 Å². The highest BCUT2D eigenvalue weighted by molar-refractivity contribution is 7.07. The van der Waals surface area contributed by atoms with Crippen molar-refractivity contribution in [1.82, 2.24) is 15.2 Å². The Morgan fingerprint density at radius 2 is 1.93 bits per heavy atom. The second kappa shape index (κ2) is 9.13. The number of thiazole rings is 1. The first-order valence-corrected chi connectivity index (χ1v) is 11.4. The van der Waals surface area contributed by atoms with Crippen LogP contribution in [0.4, 0.5) is 0 Å². The predicted octanol–water partition coefficient (Wildman–Crippen LogP) is 4.15. The lowest BCUT2D eigenvalue weighted by molar-refractivity contribution is 0.0591. The number of benzene rings is 1. The van der Waals surface area contributed by atoms with Crippen molar-refractivity contribution < 1.29 is 14.3 Å². The van der Waals surface area contributed by atoms with Crippen LogP contribution in [0.25, 0.3) is 0 Å². The number of aromatic nitrogens is 1. The first-order valence-electron chi connectivity index (χ1n) is 10.0. The SMILES string of the molecule is O=C(NC1CCCC1)c1ccc(OC2CCN(C(=O)c3cscn3)CC2)c(Cl)c1. The Hall–Kier alpha value is -2.12. The van der Waals surface area contributed by atoms with Gasteiger partial charge in [0.1, 0.15) is 17.5 Å². The molecule has 2 heterocycles. The fraction of sp³-hybridized carbons (Fsp3) is 0.476. The summed E-state index contributed by atoms with van der Waals surface area (Å²) in [7, 11) is 0. The fourth-order valence-corrected chi connectivity index (χ4v) is 4.66. The number of hydrogen-bond donors (Lipinski definition) is 1. The predicted molar refractivity (Wildman–Crippen MR) is 113 cm³/mol. The lowest BCUT2D eigenvalue weighted by atomic mass is 10.1. The molecule has 1 aliphatic carbocycles. The normalized spacial score (nSPS) is 18.0. The van der Waals surface area contributed by atoms with Crippen LogP contribution in [0.2, 0.25) is 5.02 Å². The molecule has 2 amide bonds. The molecular formula is C21H24ClN3O3S. The molecule has 1 aliphatic heterocycles. The zero-order valence-corrected chi connectivity index (χ0v) is 17.7. The van der Waals surface area contributed by atoms with Crippen molar-refractivity contribution in [2.75, 3.05) is 13.1 Å². The molecule has 1 N–H and O–H groups in total. The van der Waals surface area contributed by atoms with Gasteiger partial charge in [0.2, 0.25) is 0 Å². The zero-order chi connectivity index (χ0) is 20.2. The number of piperidine rings is 1. The number of ether oxygens (including phenoxy) is 1. The number of halogens is 1. The molecule has 6 nitrogen and oxygen atoms in total. The Morgan fingerprint density at radius 1 is 1.17 bits per heavy atom. The van der Waals surface area contributed by atoms with Crippen molar-refractivity contribution in [3.8, 4) is 5.75 Å². The Labute approximate surface area is 179 Å². The van der Waals surface area contributed by atoms with E-state index in [1.54, 1.807) is 29.1 Å². The van der Waals surface area contributed by atoms with Gasteiger partial charge in [-0.3, -0.25) is 9.59 Å². The summed E-state index contributed by atoms with van der Waals surface area (Å²) in [4.78, 5) is 30.7. The largest absolute Gasteiger partial charge is 0.489 e. The average Bonchev–Trinajstić information content (AvgIpc) is 3.44. The minimum atomic E-state index is -0.0841. The smallest absolute Gasteiger partial charge is 0.273 e. The Bertz CT molecular complexity index is 860. The molecule has 0 bridgehead atoms. The third-order valence-electron chi connectivity index (χ3n) is 5.56. The lowest BCUT2D eigenvalue weighted by Gasteiger charge is -2.32. The molecule has 0 spiro atoms. The third-order valence-corrected chi connectivity index (χ3v) is 6.44. The van der Waals surface area contributed by atoms with Crippen molar-refractivity contribution in [3.05, 3.63) is 45.4 Å². The molecule has 2 fully saturated rings. The average molecular weight is 434 g/mol. The van der Waals surface area contributed by atoms with Gasteiger partial charge in [0.05, 0.1) is 10.5 Å². The van der Waals surface area contributed by atoms with Crippen LogP contribution in [0.5, 0.6) is 5.75 Å². The van der Waals surface area contributed by atoms with Crippen molar-refractivity contribution in [2.45, 2.75) is 50.7 Å². The highest BCUT2D eigenvalue weighted by atomic mass is 35.5. The number of likely N-dealkylation sites (tertiary alicyclic amines) is 1. The standard InChI is InChI=1S/C21H24ClN3O3S/c22-17-11-14(20(26)24-15-3-1-2-4-15)5-6-19(17)28-16-7-9-25(10-8-16)21(27)18-12-29-13-23-18/h5-6,11-13,15-16H,1-4,7-10H2,(H,24,26). The van der Waals surface area contributed by atoms with Crippen LogP contribution < -0.4 is 10.1 Å². The molecule has 4 rings (SSSR count). The summed E-state index contributed by atoms with van der Waals surface area (Å²) in [6.45, 7) is 1.25. The van der Waals surface area contributed by atoms with Crippen molar-refractivity contribution in [1.29, 1.82) is 0 Å². The minimum Gasteiger partial charge on any atom is -0.489 e. The van der Waals surface area contributed by atoms with Gasteiger partial charge in [-0.1, -0.05) is 24.4 Å². The number of carbonyl (C=O) groups is 2. The Morgan fingerprint density at radius 3 is 2.59 bits per heavy atom. The lowest BCUT2D eigenvalue weighted by Crippen LogP contribution is -2.41. The van der Waals surface area contributed by atoms with Gasteiger partial charge >= 0.3 is 0 Å².